The molecule has 0 saturated heterocycles. The molecule has 0 saturated carbocycles. The normalized spacial score (nSPS) is 10.4. The van der Waals surface area contributed by atoms with Gasteiger partial charge in [-0.1, -0.05) is 23.8 Å². The number of aromatic nitrogens is 4. The van der Waals surface area contributed by atoms with Crippen LogP contribution in [0.1, 0.15) is 0 Å². The number of aryl methyl sites for hydroxylation is 1. The van der Waals surface area contributed by atoms with E-state index in [0.717, 1.165) is 11.1 Å². The first-order valence-corrected chi connectivity index (χ1v) is 4.69. The monoisotopic (exact) mass is 226 g/mol. The van der Waals surface area contributed by atoms with E-state index >= 15 is 0 Å². The molecular formula is C8H7ClN4S. The molecule has 2 aromatic rings. The van der Waals surface area contributed by atoms with E-state index in [4.69, 9.17) is 23.8 Å². The van der Waals surface area contributed by atoms with E-state index < -0.39 is 0 Å². The Morgan fingerprint density at radius 1 is 1.57 bits per heavy atom. The van der Waals surface area contributed by atoms with Crippen LogP contribution in [0.2, 0.25) is 5.15 Å². The molecule has 0 unspecified atom stereocenters. The van der Waals surface area contributed by atoms with Gasteiger partial charge >= 0.3 is 0 Å². The number of hydrogen-bond acceptors (Lipinski definition) is 3. The summed E-state index contributed by atoms with van der Waals surface area (Å²) in [5.41, 5.74) is 1.77. The fourth-order valence-corrected chi connectivity index (χ4v) is 1.53. The van der Waals surface area contributed by atoms with Crippen LogP contribution in [0.3, 0.4) is 0 Å². The van der Waals surface area contributed by atoms with Gasteiger partial charge in [-0.2, -0.15) is 10.2 Å². The summed E-state index contributed by atoms with van der Waals surface area (Å²) in [6.45, 7) is 0. The lowest BCUT2D eigenvalue weighted by Gasteiger charge is -1.96. The van der Waals surface area contributed by atoms with Gasteiger partial charge < -0.3 is 0 Å². The highest BCUT2D eigenvalue weighted by molar-refractivity contribution is 7.71. The first-order valence-electron chi connectivity index (χ1n) is 3.91. The van der Waals surface area contributed by atoms with Gasteiger partial charge in [0.05, 0.1) is 6.20 Å². The molecule has 0 spiro atoms. The minimum atomic E-state index is 0.387. The predicted octanol–water partition coefficient (Wildman–Crippen LogP) is 2.19. The zero-order valence-corrected chi connectivity index (χ0v) is 8.93. The Hall–Kier alpha value is -1.20. The zero-order chi connectivity index (χ0) is 10.1. The Morgan fingerprint density at radius 3 is 3.00 bits per heavy atom. The van der Waals surface area contributed by atoms with Gasteiger partial charge in [-0.25, -0.2) is 0 Å². The molecule has 0 aliphatic heterocycles. The quantitative estimate of drug-likeness (QED) is 0.759. The lowest BCUT2D eigenvalue weighted by Crippen LogP contribution is -1.87. The van der Waals surface area contributed by atoms with Gasteiger partial charge in [0.15, 0.2) is 0 Å². The summed E-state index contributed by atoms with van der Waals surface area (Å²) >= 11 is 10.8. The van der Waals surface area contributed by atoms with Crippen LogP contribution in [0, 0.1) is 4.64 Å². The second-order valence-electron chi connectivity index (χ2n) is 2.84. The van der Waals surface area contributed by atoms with E-state index in [2.05, 4.69) is 15.3 Å². The highest BCUT2D eigenvalue weighted by Crippen LogP contribution is 2.20. The number of rotatable bonds is 1. The van der Waals surface area contributed by atoms with Crippen LogP contribution in [-0.2, 0) is 7.05 Å². The van der Waals surface area contributed by atoms with Gasteiger partial charge in [-0.05, 0) is 6.07 Å². The highest BCUT2D eigenvalue weighted by atomic mass is 35.5. The molecule has 14 heavy (non-hydrogen) atoms. The van der Waals surface area contributed by atoms with E-state index in [0.29, 0.717) is 9.79 Å². The smallest absolute Gasteiger partial charge is 0.150 e. The number of halogens is 1. The molecule has 0 aliphatic rings. The molecule has 4 nitrogen and oxygen atoms in total. The van der Waals surface area contributed by atoms with Crippen molar-refractivity contribution >= 4 is 23.8 Å². The van der Waals surface area contributed by atoms with Crippen molar-refractivity contribution in [2.75, 3.05) is 0 Å². The molecule has 6 heteroatoms. The van der Waals surface area contributed by atoms with Gasteiger partial charge in [-0.15, -0.1) is 0 Å². The van der Waals surface area contributed by atoms with Crippen LogP contribution in [-0.4, -0.2) is 20.0 Å². The van der Waals surface area contributed by atoms with Crippen molar-refractivity contribution in [1.29, 1.82) is 0 Å². The number of nitrogens with zero attached hydrogens (tertiary/aromatic N) is 3. The highest BCUT2D eigenvalue weighted by Gasteiger charge is 2.04. The second kappa shape index (κ2) is 3.51. The molecule has 2 rings (SSSR count). The van der Waals surface area contributed by atoms with Crippen LogP contribution >= 0.6 is 23.8 Å². The molecule has 0 atom stereocenters. The summed E-state index contributed by atoms with van der Waals surface area (Å²) in [6.07, 6.45) is 3.60. The predicted molar refractivity (Wildman–Crippen MR) is 56.6 cm³/mol. The topological polar surface area (TPSA) is 46.5 Å². The third-order valence-electron chi connectivity index (χ3n) is 1.79. The van der Waals surface area contributed by atoms with Crippen LogP contribution in [0.25, 0.3) is 11.1 Å². The minimum absolute atomic E-state index is 0.387. The Kier molecular flexibility index (Phi) is 2.35. The van der Waals surface area contributed by atoms with Gasteiger partial charge in [0.2, 0.25) is 0 Å². The van der Waals surface area contributed by atoms with Gasteiger partial charge in [0.1, 0.15) is 9.79 Å². The van der Waals surface area contributed by atoms with Gasteiger partial charge in [0, 0.05) is 24.4 Å². The van der Waals surface area contributed by atoms with Crippen molar-refractivity contribution in [1.82, 2.24) is 20.0 Å². The second-order valence-corrected chi connectivity index (χ2v) is 3.63. The SMILES string of the molecule is Cn1cc(-c2cc(Cl)n[nH]c2=S)cn1. The van der Waals surface area contributed by atoms with Crippen molar-refractivity contribution < 1.29 is 0 Å². The molecule has 2 aromatic heterocycles. The number of H-pyrrole nitrogens is 1. The fourth-order valence-electron chi connectivity index (χ4n) is 1.16. The summed E-state index contributed by atoms with van der Waals surface area (Å²) in [6, 6.07) is 1.72. The molecule has 2 heterocycles. The molecule has 72 valence electrons. The summed E-state index contributed by atoms with van der Waals surface area (Å²) in [7, 11) is 1.85. The maximum absolute atomic E-state index is 5.76. The third-order valence-corrected chi connectivity index (χ3v) is 2.29. The zero-order valence-electron chi connectivity index (χ0n) is 7.36. The summed E-state index contributed by atoms with van der Waals surface area (Å²) in [5.74, 6) is 0. The molecule has 0 bridgehead atoms. The van der Waals surface area contributed by atoms with Crippen molar-refractivity contribution in [3.05, 3.63) is 28.3 Å². The lowest BCUT2D eigenvalue weighted by atomic mass is 10.2. The average molecular weight is 227 g/mol. The van der Waals surface area contributed by atoms with E-state index in [1.54, 1.807) is 16.9 Å². The van der Waals surface area contributed by atoms with E-state index in [9.17, 15) is 0 Å². The van der Waals surface area contributed by atoms with Gasteiger partial charge in [0.25, 0.3) is 0 Å². The first-order chi connectivity index (χ1) is 6.66. The van der Waals surface area contributed by atoms with Crippen LogP contribution in [0.5, 0.6) is 0 Å². The standard InChI is InChI=1S/C8H7ClN4S/c1-13-4-5(3-10-13)6-2-7(9)11-12-8(6)14/h2-4H,1H3,(H,12,14). The molecular weight excluding hydrogens is 220 g/mol. The average Bonchev–Trinajstić information content (AvgIpc) is 2.56. The molecule has 0 aromatic carbocycles. The summed E-state index contributed by atoms with van der Waals surface area (Å²) < 4.78 is 2.26. The van der Waals surface area contributed by atoms with Crippen molar-refractivity contribution in [3.63, 3.8) is 0 Å². The Balaban J connectivity index is 2.61. The fraction of sp³-hybridized carbons (Fsp3) is 0.125. The van der Waals surface area contributed by atoms with E-state index in [-0.39, 0.29) is 0 Å². The van der Waals surface area contributed by atoms with Crippen LogP contribution in [0.15, 0.2) is 18.5 Å². The van der Waals surface area contributed by atoms with Crippen LogP contribution in [0.4, 0.5) is 0 Å². The molecule has 0 radical (unpaired) electrons. The maximum atomic E-state index is 5.76. The van der Waals surface area contributed by atoms with E-state index in [1.165, 1.54) is 0 Å². The van der Waals surface area contributed by atoms with Gasteiger partial charge in [-0.3, -0.25) is 9.78 Å². The largest absolute Gasteiger partial charge is 0.275 e. The lowest BCUT2D eigenvalue weighted by molar-refractivity contribution is 0.768. The minimum Gasteiger partial charge on any atom is -0.275 e. The molecule has 0 fully saturated rings. The third kappa shape index (κ3) is 1.69. The summed E-state index contributed by atoms with van der Waals surface area (Å²) in [4.78, 5) is 0. The molecule has 0 aliphatic carbocycles. The number of aromatic amines is 1. The van der Waals surface area contributed by atoms with E-state index in [1.807, 2.05) is 13.2 Å². The number of hydrogen-bond donors (Lipinski definition) is 1. The van der Waals surface area contributed by atoms with Crippen molar-refractivity contribution in [2.45, 2.75) is 0 Å². The van der Waals surface area contributed by atoms with Crippen LogP contribution < -0.4 is 0 Å². The summed E-state index contributed by atoms with van der Waals surface area (Å²) in [5, 5.41) is 10.9. The Morgan fingerprint density at radius 2 is 2.36 bits per heavy atom. The molecule has 1 N–H and O–H groups in total. The number of nitrogens with one attached hydrogen (secondary N) is 1. The Labute approximate surface area is 90.5 Å². The first kappa shape index (κ1) is 9.36. The molecule has 0 amide bonds. The van der Waals surface area contributed by atoms with Crippen molar-refractivity contribution in [2.24, 2.45) is 7.05 Å². The maximum Gasteiger partial charge on any atom is 0.150 e. The Bertz CT molecular complexity index is 516. The van der Waals surface area contributed by atoms with Crippen molar-refractivity contribution in [3.8, 4) is 11.1 Å².